The van der Waals surface area contributed by atoms with Crippen LogP contribution in [0.2, 0.25) is 0 Å². The molecule has 22 heteroatoms. The van der Waals surface area contributed by atoms with Crippen LogP contribution < -0.4 is 44.0 Å². The van der Waals surface area contributed by atoms with Gasteiger partial charge in [-0.2, -0.15) is 0 Å². The normalized spacial score (nSPS) is 44.7. The zero-order valence-electron chi connectivity index (χ0n) is 28.9. The summed E-state index contributed by atoms with van der Waals surface area (Å²) in [7, 11) is 1.48. The largest absolute Gasteiger partial charge is 0.497 e. The number of amides is 2. The fourth-order valence-corrected chi connectivity index (χ4v) is 6.86. The average molecular weight is 764 g/mol. The van der Waals surface area contributed by atoms with Crippen LogP contribution in [0.4, 0.5) is 10.5 Å². The number of anilines is 1. The van der Waals surface area contributed by atoms with E-state index >= 15 is 0 Å². The molecule has 0 bridgehead atoms. The van der Waals surface area contributed by atoms with Gasteiger partial charge in [-0.1, -0.05) is 0 Å². The van der Waals surface area contributed by atoms with Crippen LogP contribution in [0.3, 0.4) is 0 Å². The van der Waals surface area contributed by atoms with Gasteiger partial charge in [-0.05, 0) is 30.7 Å². The second-order valence-corrected chi connectivity index (χ2v) is 13.5. The molecule has 1 saturated carbocycles. The number of urea groups is 1. The lowest BCUT2D eigenvalue weighted by Gasteiger charge is -2.47. The van der Waals surface area contributed by atoms with Crippen molar-refractivity contribution in [2.24, 2.45) is 28.7 Å². The number of rotatable bonds is 12. The van der Waals surface area contributed by atoms with Crippen molar-refractivity contribution < 1.29 is 73.7 Å². The molecule has 19 atom stereocenters. The molecule has 53 heavy (non-hydrogen) atoms. The number of aliphatic hydroxyl groups excluding tert-OH is 7. The molecule has 0 aromatic heterocycles. The molecule has 4 fully saturated rings. The zero-order valence-corrected chi connectivity index (χ0v) is 28.9. The van der Waals surface area contributed by atoms with E-state index in [1.54, 1.807) is 24.3 Å². The van der Waals surface area contributed by atoms with Crippen LogP contribution in [0.1, 0.15) is 6.42 Å². The summed E-state index contributed by atoms with van der Waals surface area (Å²) in [6.45, 7) is -1.18. The summed E-state index contributed by atoms with van der Waals surface area (Å²) in [5.74, 6) is 0.546. The Morgan fingerprint density at radius 3 is 1.89 bits per heavy atom. The molecule has 3 aliphatic heterocycles. The van der Waals surface area contributed by atoms with E-state index in [0.29, 0.717) is 11.4 Å². The summed E-state index contributed by atoms with van der Waals surface area (Å²) in [5, 5.41) is 80.4. The maximum Gasteiger partial charge on any atom is 0.319 e. The fraction of sp³-hybridized carbons (Fsp3) is 0.774. The molecule has 1 aromatic rings. The minimum Gasteiger partial charge on any atom is -0.497 e. The molecule has 3 heterocycles. The number of ether oxygens (including phenoxy) is 7. The monoisotopic (exact) mass is 763 g/mol. The Morgan fingerprint density at radius 2 is 1.28 bits per heavy atom. The second-order valence-electron chi connectivity index (χ2n) is 13.5. The Hall–Kier alpha value is -2.43. The van der Waals surface area contributed by atoms with Crippen LogP contribution in [0, 0.1) is 0 Å². The quantitative estimate of drug-likeness (QED) is 0.0940. The third-order valence-electron chi connectivity index (χ3n) is 9.97. The molecule has 2 amide bonds. The van der Waals surface area contributed by atoms with E-state index in [-0.39, 0.29) is 19.5 Å². The molecular weight excluding hydrogens is 710 g/mol. The standard InChI is InChI=1S/C31H53N7O15/c1-47-11-4-2-10(3-5-11)37-31(46)38-18-23(44)21(42)15(8-33)49-29(18)52-26-16(9-39)50-30(24(26)45)53-27-19(40)12(34)6-13(35)25(27)51-28-17(36)22(43)20(41)14(7-32)48-28/h2-5,12-30,39-45H,6-9,32-36H2,1H3,(H2,37,38,46)/t12-,13?,14?,15?,16-,17?,18?,19?,20-,21-,22-,23+,24?,25-,26+,27-,28-,29-,30+/m1/s1. The number of carbonyl (C=O) groups is 1. The molecular formula is C31H53N7O15. The molecule has 1 aliphatic carbocycles. The highest BCUT2D eigenvalue weighted by molar-refractivity contribution is 5.89. The van der Waals surface area contributed by atoms with Gasteiger partial charge in [0.15, 0.2) is 18.9 Å². The third-order valence-corrected chi connectivity index (χ3v) is 9.97. The molecule has 0 radical (unpaired) electrons. The van der Waals surface area contributed by atoms with E-state index in [4.69, 9.17) is 61.8 Å². The molecule has 4 aliphatic rings. The van der Waals surface area contributed by atoms with Gasteiger partial charge in [0, 0.05) is 30.9 Å². The Labute approximate surface area is 304 Å². The van der Waals surface area contributed by atoms with Crippen molar-refractivity contribution in [3.05, 3.63) is 24.3 Å². The molecule has 302 valence electrons. The minimum absolute atomic E-state index is 0.0498. The Morgan fingerprint density at radius 1 is 0.717 bits per heavy atom. The van der Waals surface area contributed by atoms with Gasteiger partial charge in [0.25, 0.3) is 0 Å². The van der Waals surface area contributed by atoms with Crippen LogP contribution in [0.25, 0.3) is 0 Å². The predicted octanol–water partition coefficient (Wildman–Crippen LogP) is -7.02. The number of carbonyl (C=O) groups excluding carboxylic acids is 1. The third kappa shape index (κ3) is 9.01. The topological polar surface area (TPSA) is 377 Å². The summed E-state index contributed by atoms with van der Waals surface area (Å²) in [4.78, 5) is 13.0. The highest BCUT2D eigenvalue weighted by atomic mass is 16.8. The Kier molecular flexibility index (Phi) is 14.2. The summed E-state index contributed by atoms with van der Waals surface area (Å²) < 4.78 is 40.6. The zero-order chi connectivity index (χ0) is 38.7. The first-order valence-electron chi connectivity index (χ1n) is 17.2. The maximum absolute atomic E-state index is 13.0. The number of benzene rings is 1. The first kappa shape index (κ1) is 41.7. The number of methoxy groups -OCH3 is 1. The lowest BCUT2D eigenvalue weighted by atomic mass is 9.84. The molecule has 0 spiro atoms. The van der Waals surface area contributed by atoms with Crippen molar-refractivity contribution in [2.75, 3.05) is 32.1 Å². The van der Waals surface area contributed by atoms with Crippen molar-refractivity contribution in [1.82, 2.24) is 5.32 Å². The average Bonchev–Trinajstić information content (AvgIpc) is 3.44. The number of aliphatic hydroxyl groups is 7. The van der Waals surface area contributed by atoms with Gasteiger partial charge in [-0.3, -0.25) is 0 Å². The van der Waals surface area contributed by atoms with E-state index in [2.05, 4.69) is 10.6 Å². The second kappa shape index (κ2) is 18.0. The van der Waals surface area contributed by atoms with Crippen molar-refractivity contribution in [2.45, 2.75) is 123 Å². The van der Waals surface area contributed by atoms with Gasteiger partial charge < -0.3 is 108 Å². The smallest absolute Gasteiger partial charge is 0.319 e. The van der Waals surface area contributed by atoms with Crippen molar-refractivity contribution in [1.29, 1.82) is 0 Å². The summed E-state index contributed by atoms with van der Waals surface area (Å²) >= 11 is 0. The summed E-state index contributed by atoms with van der Waals surface area (Å²) in [6, 6.07) is 1.00. The molecule has 1 aromatic carbocycles. The lowest BCUT2D eigenvalue weighted by molar-refractivity contribution is -0.307. The van der Waals surface area contributed by atoms with Gasteiger partial charge in [0.2, 0.25) is 0 Å². The van der Waals surface area contributed by atoms with E-state index < -0.39 is 129 Å². The van der Waals surface area contributed by atoms with Gasteiger partial charge in [0.1, 0.15) is 78.9 Å². The molecule has 19 N–H and O–H groups in total. The highest BCUT2D eigenvalue weighted by Gasteiger charge is 2.55. The maximum atomic E-state index is 13.0. The van der Waals surface area contributed by atoms with Crippen LogP contribution in [0.15, 0.2) is 24.3 Å². The predicted molar refractivity (Wildman–Crippen MR) is 179 cm³/mol. The number of hydrogen-bond acceptors (Lipinski definition) is 20. The first-order chi connectivity index (χ1) is 25.2. The number of nitrogens with two attached hydrogens (primary N) is 5. The molecule has 3 saturated heterocycles. The van der Waals surface area contributed by atoms with Crippen LogP contribution >= 0.6 is 0 Å². The van der Waals surface area contributed by atoms with Crippen molar-refractivity contribution in [3.63, 3.8) is 0 Å². The summed E-state index contributed by atoms with van der Waals surface area (Å²) in [5.41, 5.74) is 30.4. The van der Waals surface area contributed by atoms with E-state index in [0.717, 1.165) is 0 Å². The van der Waals surface area contributed by atoms with Gasteiger partial charge in [0.05, 0.1) is 25.9 Å². The molecule has 7 unspecified atom stereocenters. The van der Waals surface area contributed by atoms with Crippen LogP contribution in [-0.2, 0) is 28.4 Å². The fourth-order valence-electron chi connectivity index (χ4n) is 6.86. The number of nitrogens with one attached hydrogen (secondary N) is 2. The minimum atomic E-state index is -1.72. The lowest BCUT2D eigenvalue weighted by Crippen LogP contribution is -2.68. The molecule has 5 rings (SSSR count). The Bertz CT molecular complexity index is 1320. The summed E-state index contributed by atoms with van der Waals surface area (Å²) in [6.07, 6.45) is -21.4. The van der Waals surface area contributed by atoms with Crippen LogP contribution in [-0.4, -0.2) is 185 Å². The van der Waals surface area contributed by atoms with Gasteiger partial charge in [-0.25, -0.2) is 4.79 Å². The van der Waals surface area contributed by atoms with E-state index in [9.17, 15) is 40.5 Å². The van der Waals surface area contributed by atoms with Crippen LogP contribution in [0.5, 0.6) is 5.75 Å². The first-order valence-corrected chi connectivity index (χ1v) is 17.2. The molecule has 22 nitrogen and oxygen atoms in total. The SMILES string of the molecule is COc1ccc(NC(=O)NC2[C@@H](O[C@@H]3C(O)[C@H](O[C@@H]4C(O)[C@H](N)CC(N)[C@H]4O[C@H]4OC(CN)[C@@H](O)[C@H](O)C4N)O[C@@H]3CO)OC(CN)[C@@H](O)[C@H]2O)cc1. The Balaban J connectivity index is 1.32. The number of hydrogen-bond donors (Lipinski definition) is 14. The highest BCUT2D eigenvalue weighted by Crippen LogP contribution is 2.34. The van der Waals surface area contributed by atoms with E-state index in [1.807, 2.05) is 0 Å². The van der Waals surface area contributed by atoms with Gasteiger partial charge in [-0.15, -0.1) is 0 Å². The van der Waals surface area contributed by atoms with Crippen molar-refractivity contribution in [3.8, 4) is 5.75 Å². The van der Waals surface area contributed by atoms with Gasteiger partial charge >= 0.3 is 6.03 Å². The van der Waals surface area contributed by atoms with Crippen molar-refractivity contribution >= 4 is 11.7 Å². The van der Waals surface area contributed by atoms with E-state index in [1.165, 1.54) is 7.11 Å².